The predicted octanol–water partition coefficient (Wildman–Crippen LogP) is 5.00. The van der Waals surface area contributed by atoms with E-state index in [-0.39, 0.29) is 5.92 Å². The Hall–Kier alpha value is -1.97. The minimum absolute atomic E-state index is 0.263. The highest BCUT2D eigenvalue weighted by Crippen LogP contribution is 2.40. The zero-order valence-corrected chi connectivity index (χ0v) is 16.6. The van der Waals surface area contributed by atoms with Crippen LogP contribution in [0.4, 0.5) is 0 Å². The second-order valence-electron chi connectivity index (χ2n) is 8.32. The van der Waals surface area contributed by atoms with Crippen LogP contribution >= 0.6 is 0 Å². The van der Waals surface area contributed by atoms with Crippen molar-refractivity contribution in [3.8, 4) is 0 Å². The number of piperidine rings is 1. The molecule has 2 aromatic rings. The molecule has 3 nitrogen and oxygen atoms in total. The van der Waals surface area contributed by atoms with E-state index in [9.17, 15) is 4.79 Å². The normalized spacial score (nSPS) is 24.4. The van der Waals surface area contributed by atoms with Gasteiger partial charge in [0.15, 0.2) is 0 Å². The molecule has 4 rings (SSSR count). The molecule has 28 heavy (non-hydrogen) atoms. The first-order valence-electron chi connectivity index (χ1n) is 10.7. The van der Waals surface area contributed by atoms with Gasteiger partial charge in [-0.3, -0.25) is 9.69 Å². The number of fused-ring (bicyclic) bond motifs is 2. The van der Waals surface area contributed by atoms with Gasteiger partial charge in [0.1, 0.15) is 5.78 Å². The maximum absolute atomic E-state index is 12.7. The van der Waals surface area contributed by atoms with Gasteiger partial charge in [0.05, 0.1) is 6.61 Å². The van der Waals surface area contributed by atoms with Crippen molar-refractivity contribution in [1.29, 1.82) is 0 Å². The van der Waals surface area contributed by atoms with Gasteiger partial charge in [-0.05, 0) is 43.2 Å². The summed E-state index contributed by atoms with van der Waals surface area (Å²) in [5, 5.41) is 0. The summed E-state index contributed by atoms with van der Waals surface area (Å²) < 4.78 is 5.74. The second-order valence-corrected chi connectivity index (χ2v) is 8.32. The lowest BCUT2D eigenvalue weighted by Gasteiger charge is -2.38. The Morgan fingerprint density at radius 1 is 0.893 bits per heavy atom. The SMILES string of the molecule is O=C(CCCOCc1ccccc1)C1CC2CCC(C1)N2Cc1ccccc1. The van der Waals surface area contributed by atoms with Crippen LogP contribution in [-0.4, -0.2) is 29.4 Å². The topological polar surface area (TPSA) is 29.5 Å². The molecule has 0 aliphatic carbocycles. The summed E-state index contributed by atoms with van der Waals surface area (Å²) in [6.07, 6.45) is 6.10. The molecule has 2 aliphatic heterocycles. The van der Waals surface area contributed by atoms with Gasteiger partial charge in [-0.1, -0.05) is 60.7 Å². The standard InChI is InChI=1S/C25H31NO2/c27-25(12-7-15-28-19-21-10-5-2-6-11-21)22-16-23-13-14-24(17-22)26(23)18-20-8-3-1-4-9-20/h1-6,8-11,22-24H,7,12-19H2. The number of benzene rings is 2. The lowest BCUT2D eigenvalue weighted by molar-refractivity contribution is -0.125. The number of Topliss-reactive ketones (excluding diaryl/α,β-unsaturated/α-hetero) is 1. The fraction of sp³-hybridized carbons (Fsp3) is 0.480. The van der Waals surface area contributed by atoms with Crippen LogP contribution in [0.1, 0.15) is 49.7 Å². The van der Waals surface area contributed by atoms with Gasteiger partial charge in [0, 0.05) is 37.6 Å². The van der Waals surface area contributed by atoms with Crippen LogP contribution in [0.2, 0.25) is 0 Å². The number of hydrogen-bond donors (Lipinski definition) is 0. The van der Waals surface area contributed by atoms with Gasteiger partial charge < -0.3 is 4.74 Å². The maximum atomic E-state index is 12.7. The molecule has 0 aromatic heterocycles. The average molecular weight is 378 g/mol. The predicted molar refractivity (Wildman–Crippen MR) is 112 cm³/mol. The largest absolute Gasteiger partial charge is 0.377 e. The van der Waals surface area contributed by atoms with E-state index in [2.05, 4.69) is 47.4 Å². The van der Waals surface area contributed by atoms with E-state index in [1.807, 2.05) is 18.2 Å². The first-order chi connectivity index (χ1) is 13.8. The summed E-state index contributed by atoms with van der Waals surface area (Å²) >= 11 is 0. The van der Waals surface area contributed by atoms with Crippen LogP contribution in [0.5, 0.6) is 0 Å². The number of nitrogens with zero attached hydrogens (tertiary/aromatic N) is 1. The molecule has 3 heteroatoms. The quantitative estimate of drug-likeness (QED) is 0.576. The van der Waals surface area contributed by atoms with E-state index in [0.29, 0.717) is 37.5 Å². The Morgan fingerprint density at radius 3 is 2.14 bits per heavy atom. The molecule has 2 aromatic carbocycles. The molecule has 2 fully saturated rings. The first kappa shape index (κ1) is 19.4. The number of ether oxygens (including phenoxy) is 1. The smallest absolute Gasteiger partial charge is 0.136 e. The summed E-state index contributed by atoms with van der Waals surface area (Å²) in [6, 6.07) is 22.1. The summed E-state index contributed by atoms with van der Waals surface area (Å²) in [4.78, 5) is 15.4. The van der Waals surface area contributed by atoms with Crippen LogP contribution < -0.4 is 0 Å². The van der Waals surface area contributed by atoms with Crippen LogP contribution in [0.15, 0.2) is 60.7 Å². The third-order valence-electron chi connectivity index (χ3n) is 6.37. The highest BCUT2D eigenvalue weighted by molar-refractivity contribution is 5.81. The molecule has 148 valence electrons. The van der Waals surface area contributed by atoms with E-state index in [1.165, 1.54) is 24.0 Å². The van der Waals surface area contributed by atoms with E-state index < -0.39 is 0 Å². The van der Waals surface area contributed by atoms with Gasteiger partial charge in [0.2, 0.25) is 0 Å². The van der Waals surface area contributed by atoms with Gasteiger partial charge in [-0.25, -0.2) is 0 Å². The molecular formula is C25H31NO2. The molecular weight excluding hydrogens is 346 g/mol. The molecule has 2 aliphatic rings. The van der Waals surface area contributed by atoms with Crippen molar-refractivity contribution in [3.63, 3.8) is 0 Å². The number of carbonyl (C=O) groups excluding carboxylic acids is 1. The van der Waals surface area contributed by atoms with Crippen LogP contribution in [0.25, 0.3) is 0 Å². The van der Waals surface area contributed by atoms with Gasteiger partial charge in [-0.15, -0.1) is 0 Å². The zero-order chi connectivity index (χ0) is 19.2. The number of rotatable bonds is 9. The number of carbonyl (C=O) groups is 1. The minimum atomic E-state index is 0.263. The number of hydrogen-bond acceptors (Lipinski definition) is 3. The van der Waals surface area contributed by atoms with Crippen LogP contribution in [0.3, 0.4) is 0 Å². The Balaban J connectivity index is 1.19. The summed E-state index contributed by atoms with van der Waals surface area (Å²) in [5.74, 6) is 0.721. The third kappa shape index (κ3) is 4.89. The minimum Gasteiger partial charge on any atom is -0.377 e. The van der Waals surface area contributed by atoms with Crippen molar-refractivity contribution in [2.75, 3.05) is 6.61 Å². The molecule has 2 bridgehead atoms. The first-order valence-corrected chi connectivity index (χ1v) is 10.7. The van der Waals surface area contributed by atoms with Crippen molar-refractivity contribution in [2.45, 2.75) is 63.8 Å². The third-order valence-corrected chi connectivity index (χ3v) is 6.37. The summed E-state index contributed by atoms with van der Waals surface area (Å²) in [6.45, 7) is 2.34. The monoisotopic (exact) mass is 377 g/mol. The Kier molecular flexibility index (Phi) is 6.56. The summed E-state index contributed by atoms with van der Waals surface area (Å²) in [5.41, 5.74) is 2.58. The second kappa shape index (κ2) is 9.49. The van der Waals surface area contributed by atoms with Crippen LogP contribution in [0, 0.1) is 5.92 Å². The molecule has 0 saturated carbocycles. The lowest BCUT2D eigenvalue weighted by atomic mass is 9.85. The number of ketones is 1. The molecule has 0 amide bonds. The molecule has 2 atom stereocenters. The van der Waals surface area contributed by atoms with E-state index in [4.69, 9.17) is 4.74 Å². The molecule has 0 radical (unpaired) electrons. The van der Waals surface area contributed by atoms with E-state index in [1.54, 1.807) is 0 Å². The highest BCUT2D eigenvalue weighted by Gasteiger charge is 2.42. The van der Waals surface area contributed by atoms with Crippen molar-refractivity contribution >= 4 is 5.78 Å². The van der Waals surface area contributed by atoms with E-state index >= 15 is 0 Å². The Bertz CT molecular complexity index is 732. The maximum Gasteiger partial charge on any atom is 0.136 e. The van der Waals surface area contributed by atoms with Crippen molar-refractivity contribution in [2.24, 2.45) is 5.92 Å². The zero-order valence-electron chi connectivity index (χ0n) is 16.6. The Labute approximate surface area is 168 Å². The fourth-order valence-corrected chi connectivity index (χ4v) is 4.91. The van der Waals surface area contributed by atoms with Gasteiger partial charge >= 0.3 is 0 Å². The van der Waals surface area contributed by atoms with Crippen molar-refractivity contribution in [1.82, 2.24) is 4.90 Å². The Morgan fingerprint density at radius 2 is 1.50 bits per heavy atom. The molecule has 2 saturated heterocycles. The highest BCUT2D eigenvalue weighted by atomic mass is 16.5. The van der Waals surface area contributed by atoms with Crippen LogP contribution in [-0.2, 0) is 22.7 Å². The van der Waals surface area contributed by atoms with E-state index in [0.717, 1.165) is 25.8 Å². The molecule has 2 heterocycles. The van der Waals surface area contributed by atoms with Gasteiger partial charge in [0.25, 0.3) is 0 Å². The van der Waals surface area contributed by atoms with Gasteiger partial charge in [-0.2, -0.15) is 0 Å². The van der Waals surface area contributed by atoms with Crippen molar-refractivity contribution in [3.05, 3.63) is 71.8 Å². The lowest BCUT2D eigenvalue weighted by Crippen LogP contribution is -2.44. The average Bonchev–Trinajstić information content (AvgIpc) is 2.96. The fourth-order valence-electron chi connectivity index (χ4n) is 4.91. The van der Waals surface area contributed by atoms with Crippen molar-refractivity contribution < 1.29 is 9.53 Å². The molecule has 2 unspecified atom stereocenters. The molecule has 0 spiro atoms. The molecule has 0 N–H and O–H groups in total. The summed E-state index contributed by atoms with van der Waals surface area (Å²) in [7, 11) is 0.